The Hall–Kier alpha value is -1.35. The number of carbonyl (C=O) groups excluding carboxylic acids is 1. The van der Waals surface area contributed by atoms with Gasteiger partial charge in [-0.2, -0.15) is 0 Å². The third-order valence-electron chi connectivity index (χ3n) is 2.85. The summed E-state index contributed by atoms with van der Waals surface area (Å²) in [6.07, 6.45) is 2.13. The molecule has 0 spiro atoms. The van der Waals surface area contributed by atoms with E-state index in [1.165, 1.54) is 0 Å². The van der Waals surface area contributed by atoms with Crippen molar-refractivity contribution in [3.05, 3.63) is 35.9 Å². The van der Waals surface area contributed by atoms with Crippen molar-refractivity contribution in [2.24, 2.45) is 5.92 Å². The van der Waals surface area contributed by atoms with Crippen molar-refractivity contribution in [1.82, 2.24) is 5.32 Å². The van der Waals surface area contributed by atoms with Crippen LogP contribution in [-0.4, -0.2) is 17.6 Å². The number of aliphatic hydroxyl groups is 1. The molecule has 1 saturated carbocycles. The summed E-state index contributed by atoms with van der Waals surface area (Å²) >= 11 is 0. The van der Waals surface area contributed by atoms with E-state index in [4.69, 9.17) is 0 Å². The number of nitrogens with one attached hydrogen (secondary N) is 1. The van der Waals surface area contributed by atoms with Gasteiger partial charge in [-0.25, -0.2) is 0 Å². The first-order valence-electron chi connectivity index (χ1n) is 5.78. The van der Waals surface area contributed by atoms with E-state index in [1.54, 1.807) is 0 Å². The van der Waals surface area contributed by atoms with Crippen molar-refractivity contribution >= 4 is 5.91 Å². The molecule has 1 aliphatic rings. The van der Waals surface area contributed by atoms with Gasteiger partial charge in [0.05, 0.1) is 6.10 Å². The Kier molecular flexibility index (Phi) is 3.57. The summed E-state index contributed by atoms with van der Waals surface area (Å²) in [7, 11) is 0. The van der Waals surface area contributed by atoms with Crippen molar-refractivity contribution in [3.8, 4) is 0 Å². The van der Waals surface area contributed by atoms with E-state index in [9.17, 15) is 9.90 Å². The Morgan fingerprint density at radius 2 is 2.06 bits per heavy atom. The lowest BCUT2D eigenvalue weighted by Gasteiger charge is -2.11. The van der Waals surface area contributed by atoms with Crippen LogP contribution in [0.5, 0.6) is 0 Å². The molecule has 0 heterocycles. The Bertz CT molecular complexity index is 346. The van der Waals surface area contributed by atoms with E-state index in [0.717, 1.165) is 18.4 Å². The number of hydrogen-bond acceptors (Lipinski definition) is 2. The molecule has 1 atom stereocenters. The fourth-order valence-corrected chi connectivity index (χ4v) is 1.66. The first-order chi connectivity index (χ1) is 7.77. The largest absolute Gasteiger partial charge is 0.388 e. The molecule has 1 aromatic carbocycles. The molecule has 1 unspecified atom stereocenters. The summed E-state index contributed by atoms with van der Waals surface area (Å²) in [6.45, 7) is 0.547. The van der Waals surface area contributed by atoms with E-state index < -0.39 is 6.10 Å². The number of rotatable bonds is 5. The highest BCUT2D eigenvalue weighted by Gasteiger charge is 2.29. The summed E-state index contributed by atoms with van der Waals surface area (Å²) in [5.74, 6) is 0.383. The van der Waals surface area contributed by atoms with Gasteiger partial charge in [0.2, 0.25) is 5.91 Å². The van der Waals surface area contributed by atoms with Gasteiger partial charge < -0.3 is 10.4 Å². The fourth-order valence-electron chi connectivity index (χ4n) is 1.66. The molecule has 0 saturated heterocycles. The molecule has 2 rings (SSSR count). The van der Waals surface area contributed by atoms with Crippen LogP contribution in [0.15, 0.2) is 30.3 Å². The minimum absolute atomic E-state index is 0.139. The van der Waals surface area contributed by atoms with Gasteiger partial charge in [-0.1, -0.05) is 30.3 Å². The van der Waals surface area contributed by atoms with Gasteiger partial charge in [0.15, 0.2) is 0 Å². The number of carbonyl (C=O) groups is 1. The SMILES string of the molecule is O=C(NCCC(O)c1ccccc1)C1CC1. The smallest absolute Gasteiger partial charge is 0.223 e. The zero-order chi connectivity index (χ0) is 11.4. The predicted octanol–water partition coefficient (Wildman–Crippen LogP) is 1.64. The number of amides is 1. The van der Waals surface area contributed by atoms with E-state index in [1.807, 2.05) is 30.3 Å². The maximum atomic E-state index is 11.3. The zero-order valence-corrected chi connectivity index (χ0v) is 9.23. The molecule has 0 radical (unpaired) electrons. The summed E-state index contributed by atoms with van der Waals surface area (Å²) in [4.78, 5) is 11.3. The van der Waals surface area contributed by atoms with Crippen LogP contribution in [0.3, 0.4) is 0 Å². The lowest BCUT2D eigenvalue weighted by atomic mass is 10.1. The molecule has 1 fully saturated rings. The van der Waals surface area contributed by atoms with Crippen LogP contribution >= 0.6 is 0 Å². The van der Waals surface area contributed by atoms with Crippen molar-refractivity contribution in [2.45, 2.75) is 25.4 Å². The number of aliphatic hydroxyl groups excluding tert-OH is 1. The highest BCUT2D eigenvalue weighted by Crippen LogP contribution is 2.28. The third-order valence-corrected chi connectivity index (χ3v) is 2.85. The number of benzene rings is 1. The van der Waals surface area contributed by atoms with Crippen LogP contribution in [0.25, 0.3) is 0 Å². The first kappa shape index (κ1) is 11.1. The second-order valence-electron chi connectivity index (χ2n) is 4.28. The topological polar surface area (TPSA) is 49.3 Å². The minimum Gasteiger partial charge on any atom is -0.388 e. The molecule has 0 aliphatic heterocycles. The lowest BCUT2D eigenvalue weighted by Crippen LogP contribution is -2.26. The molecule has 86 valence electrons. The molecule has 3 nitrogen and oxygen atoms in total. The molecule has 1 amide bonds. The quantitative estimate of drug-likeness (QED) is 0.791. The van der Waals surface area contributed by atoms with Gasteiger partial charge in [0.1, 0.15) is 0 Å². The average Bonchev–Trinajstić information content (AvgIpc) is 3.14. The molecule has 0 bridgehead atoms. The number of hydrogen-bond donors (Lipinski definition) is 2. The summed E-state index contributed by atoms with van der Waals surface area (Å²) in [5, 5.41) is 12.7. The lowest BCUT2D eigenvalue weighted by molar-refractivity contribution is -0.122. The van der Waals surface area contributed by atoms with Crippen LogP contribution in [0.4, 0.5) is 0 Å². The standard InChI is InChI=1S/C13H17NO2/c15-12(10-4-2-1-3-5-10)8-9-14-13(16)11-6-7-11/h1-5,11-12,15H,6-9H2,(H,14,16). The average molecular weight is 219 g/mol. The van der Waals surface area contributed by atoms with Crippen LogP contribution in [0, 0.1) is 5.92 Å². The third kappa shape index (κ3) is 3.07. The molecule has 1 aromatic rings. The van der Waals surface area contributed by atoms with E-state index in [-0.39, 0.29) is 11.8 Å². The van der Waals surface area contributed by atoms with Gasteiger partial charge in [-0.05, 0) is 24.8 Å². The maximum absolute atomic E-state index is 11.3. The second-order valence-corrected chi connectivity index (χ2v) is 4.28. The fraction of sp³-hybridized carbons (Fsp3) is 0.462. The van der Waals surface area contributed by atoms with E-state index in [2.05, 4.69) is 5.32 Å². The van der Waals surface area contributed by atoms with Crippen LogP contribution in [-0.2, 0) is 4.79 Å². The molecule has 1 aliphatic carbocycles. The van der Waals surface area contributed by atoms with Gasteiger partial charge in [-0.15, -0.1) is 0 Å². The monoisotopic (exact) mass is 219 g/mol. The second kappa shape index (κ2) is 5.12. The Labute approximate surface area is 95.5 Å². The molecule has 16 heavy (non-hydrogen) atoms. The zero-order valence-electron chi connectivity index (χ0n) is 9.23. The Morgan fingerprint density at radius 1 is 1.38 bits per heavy atom. The Balaban J connectivity index is 1.71. The highest BCUT2D eigenvalue weighted by atomic mass is 16.3. The van der Waals surface area contributed by atoms with Crippen LogP contribution < -0.4 is 5.32 Å². The van der Waals surface area contributed by atoms with E-state index >= 15 is 0 Å². The van der Waals surface area contributed by atoms with Crippen LogP contribution in [0.2, 0.25) is 0 Å². The van der Waals surface area contributed by atoms with Crippen molar-refractivity contribution < 1.29 is 9.90 Å². The van der Waals surface area contributed by atoms with Gasteiger partial charge in [0, 0.05) is 12.5 Å². The Morgan fingerprint density at radius 3 is 2.69 bits per heavy atom. The summed E-state index contributed by atoms with van der Waals surface area (Å²) < 4.78 is 0. The van der Waals surface area contributed by atoms with Gasteiger partial charge in [-0.3, -0.25) is 4.79 Å². The highest BCUT2D eigenvalue weighted by molar-refractivity contribution is 5.80. The summed E-state index contributed by atoms with van der Waals surface area (Å²) in [6, 6.07) is 9.52. The minimum atomic E-state index is -0.485. The molecule has 2 N–H and O–H groups in total. The van der Waals surface area contributed by atoms with Crippen molar-refractivity contribution in [3.63, 3.8) is 0 Å². The first-order valence-corrected chi connectivity index (χ1v) is 5.78. The van der Waals surface area contributed by atoms with Gasteiger partial charge in [0.25, 0.3) is 0 Å². The predicted molar refractivity (Wildman–Crippen MR) is 61.8 cm³/mol. The van der Waals surface area contributed by atoms with Crippen molar-refractivity contribution in [2.75, 3.05) is 6.54 Å². The van der Waals surface area contributed by atoms with Crippen molar-refractivity contribution in [1.29, 1.82) is 0 Å². The van der Waals surface area contributed by atoms with Gasteiger partial charge >= 0.3 is 0 Å². The molecular weight excluding hydrogens is 202 g/mol. The molecule has 0 aromatic heterocycles. The molecular formula is C13H17NO2. The maximum Gasteiger partial charge on any atom is 0.223 e. The van der Waals surface area contributed by atoms with Crippen LogP contribution in [0.1, 0.15) is 30.9 Å². The summed E-state index contributed by atoms with van der Waals surface area (Å²) in [5.41, 5.74) is 0.906. The molecule has 3 heteroatoms. The van der Waals surface area contributed by atoms with E-state index in [0.29, 0.717) is 13.0 Å². The normalized spacial score (nSPS) is 16.8.